The summed E-state index contributed by atoms with van der Waals surface area (Å²) in [6, 6.07) is 25.8. The minimum Gasteiger partial charge on any atom is -0.478 e. The molecule has 10 heteroatoms. The number of halogens is 1. The lowest BCUT2D eigenvalue weighted by molar-refractivity contribution is -0.153. The van der Waals surface area contributed by atoms with Crippen LogP contribution in [0.5, 0.6) is 17.4 Å². The van der Waals surface area contributed by atoms with Crippen molar-refractivity contribution >= 4 is 29.3 Å². The van der Waals surface area contributed by atoms with E-state index in [9.17, 15) is 9.90 Å². The molecule has 41 heavy (non-hydrogen) atoms. The molecule has 212 valence electrons. The van der Waals surface area contributed by atoms with E-state index < -0.39 is 11.6 Å². The first-order valence-electron chi connectivity index (χ1n) is 13.4. The van der Waals surface area contributed by atoms with Crippen molar-refractivity contribution in [3.63, 3.8) is 0 Å². The number of carbonyl (C=O) groups is 1. The van der Waals surface area contributed by atoms with Crippen LogP contribution >= 0.6 is 11.6 Å². The van der Waals surface area contributed by atoms with Crippen LogP contribution in [-0.2, 0) is 17.8 Å². The lowest BCUT2D eigenvalue weighted by Gasteiger charge is -2.35. The van der Waals surface area contributed by atoms with Gasteiger partial charge in [-0.15, -0.1) is 0 Å². The van der Waals surface area contributed by atoms with Gasteiger partial charge < -0.3 is 25.2 Å². The second-order valence-electron chi connectivity index (χ2n) is 10.2. The van der Waals surface area contributed by atoms with Crippen molar-refractivity contribution in [3.05, 3.63) is 101 Å². The van der Waals surface area contributed by atoms with E-state index in [1.807, 2.05) is 30.3 Å². The first-order valence-corrected chi connectivity index (χ1v) is 13.7. The maximum Gasteiger partial charge on any atom is 0.348 e. The molecule has 1 unspecified atom stereocenters. The summed E-state index contributed by atoms with van der Waals surface area (Å²) in [6.45, 7) is 5.79. The fourth-order valence-corrected chi connectivity index (χ4v) is 4.84. The quantitative estimate of drug-likeness (QED) is 0.261. The minimum atomic E-state index is -1.43. The van der Waals surface area contributed by atoms with Crippen LogP contribution in [0.4, 0.5) is 11.8 Å². The molecule has 2 heterocycles. The molecule has 9 nitrogen and oxygen atoms in total. The van der Waals surface area contributed by atoms with Gasteiger partial charge in [0, 0.05) is 50.2 Å². The number of benzene rings is 3. The zero-order chi connectivity index (χ0) is 28.8. The molecular formula is C31H32ClN5O4. The zero-order valence-corrected chi connectivity index (χ0v) is 23.5. The number of aliphatic carboxylic acids is 1. The van der Waals surface area contributed by atoms with Gasteiger partial charge in [0.15, 0.2) is 0 Å². The number of ether oxygens (including phenoxy) is 2. The number of para-hydroxylation sites is 1. The lowest BCUT2D eigenvalue weighted by atomic mass is 9.96. The van der Waals surface area contributed by atoms with Crippen LogP contribution in [-0.4, -0.2) is 57.7 Å². The Labute approximate surface area is 244 Å². The number of anilines is 2. The van der Waals surface area contributed by atoms with Crippen LogP contribution in [0.1, 0.15) is 18.1 Å². The maximum absolute atomic E-state index is 12.1. The molecule has 5 rings (SSSR count). The highest BCUT2D eigenvalue weighted by atomic mass is 35.5. The predicted molar refractivity (Wildman–Crippen MR) is 159 cm³/mol. The number of nitrogens with two attached hydrogens (primary N) is 1. The Morgan fingerprint density at radius 2 is 1.59 bits per heavy atom. The van der Waals surface area contributed by atoms with Gasteiger partial charge in [0.25, 0.3) is 0 Å². The number of carboxylic acid groups (broad SMARTS) is 1. The molecule has 0 aliphatic carbocycles. The second kappa shape index (κ2) is 12.4. The van der Waals surface area contributed by atoms with Gasteiger partial charge in [-0.3, -0.25) is 4.90 Å². The molecule has 3 N–H and O–H groups in total. The smallest absolute Gasteiger partial charge is 0.348 e. The Hall–Kier alpha value is -4.34. The third kappa shape index (κ3) is 7.45. The Bertz CT molecular complexity index is 1460. The SMILES string of the molecule is CC(Cc1ccc(Oc2cc(N3CCN(Cc4ccc(Cl)cc4)CC3)nc(N)n2)cc1)(Oc1ccccc1)C(=O)O. The van der Waals surface area contributed by atoms with Crippen LogP contribution in [0.3, 0.4) is 0 Å². The van der Waals surface area contributed by atoms with E-state index in [4.69, 9.17) is 26.8 Å². The van der Waals surface area contributed by atoms with Crippen molar-refractivity contribution in [1.82, 2.24) is 14.9 Å². The van der Waals surface area contributed by atoms with E-state index >= 15 is 0 Å². The van der Waals surface area contributed by atoms with Crippen LogP contribution in [0.15, 0.2) is 84.9 Å². The van der Waals surface area contributed by atoms with E-state index in [-0.39, 0.29) is 12.4 Å². The number of rotatable bonds is 10. The van der Waals surface area contributed by atoms with Crippen LogP contribution in [0.25, 0.3) is 0 Å². The highest BCUT2D eigenvalue weighted by Gasteiger charge is 2.36. The Morgan fingerprint density at radius 3 is 2.24 bits per heavy atom. The predicted octanol–water partition coefficient (Wildman–Crippen LogP) is 5.29. The van der Waals surface area contributed by atoms with Gasteiger partial charge in [-0.25, -0.2) is 4.79 Å². The van der Waals surface area contributed by atoms with Crippen molar-refractivity contribution in [2.75, 3.05) is 36.8 Å². The van der Waals surface area contributed by atoms with Crippen LogP contribution in [0.2, 0.25) is 5.02 Å². The standard InChI is InChI=1S/C31H32ClN5O4/c1-31(29(38)39,41-26-5-3-2-4-6-26)20-22-9-13-25(14-10-22)40-28-19-27(34-30(33)35-28)37-17-15-36(16-18-37)21-23-7-11-24(32)12-8-23/h2-14,19H,15-18,20-21H2,1H3,(H,38,39)(H2,33,34,35). The normalized spacial score (nSPS) is 15.2. The molecule has 4 aromatic rings. The second-order valence-corrected chi connectivity index (χ2v) is 10.6. The van der Waals surface area contributed by atoms with E-state index in [2.05, 4.69) is 31.9 Å². The summed E-state index contributed by atoms with van der Waals surface area (Å²) in [4.78, 5) is 25.3. The molecule has 1 aliphatic heterocycles. The third-order valence-electron chi connectivity index (χ3n) is 6.95. The molecule has 1 saturated heterocycles. The Balaban J connectivity index is 1.20. The summed E-state index contributed by atoms with van der Waals surface area (Å²) in [7, 11) is 0. The van der Waals surface area contributed by atoms with Crippen LogP contribution < -0.4 is 20.1 Å². The number of hydrogen-bond donors (Lipinski definition) is 2. The number of hydrogen-bond acceptors (Lipinski definition) is 8. The van der Waals surface area contributed by atoms with E-state index in [0.717, 1.165) is 43.3 Å². The number of piperazine rings is 1. The average Bonchev–Trinajstić information content (AvgIpc) is 2.96. The maximum atomic E-state index is 12.1. The Kier molecular flexibility index (Phi) is 8.56. The Morgan fingerprint density at radius 1 is 0.927 bits per heavy atom. The molecule has 0 spiro atoms. The average molecular weight is 574 g/mol. The van der Waals surface area contributed by atoms with Gasteiger partial charge >= 0.3 is 5.97 Å². The van der Waals surface area contributed by atoms with Gasteiger partial charge in [-0.1, -0.05) is 54.1 Å². The minimum absolute atomic E-state index is 0.132. The van der Waals surface area contributed by atoms with Crippen molar-refractivity contribution in [3.8, 4) is 17.4 Å². The zero-order valence-electron chi connectivity index (χ0n) is 22.7. The monoisotopic (exact) mass is 573 g/mol. The number of nitrogen functional groups attached to an aromatic ring is 1. The highest BCUT2D eigenvalue weighted by Crippen LogP contribution is 2.27. The summed E-state index contributed by atoms with van der Waals surface area (Å²) in [5.41, 5.74) is 6.61. The van der Waals surface area contributed by atoms with Crippen molar-refractivity contribution < 1.29 is 19.4 Å². The largest absolute Gasteiger partial charge is 0.478 e. The van der Waals surface area contributed by atoms with E-state index in [1.165, 1.54) is 5.56 Å². The summed E-state index contributed by atoms with van der Waals surface area (Å²) in [5, 5.41) is 10.6. The molecule has 0 bridgehead atoms. The first-order chi connectivity index (χ1) is 19.8. The molecule has 1 aromatic heterocycles. The highest BCUT2D eigenvalue weighted by molar-refractivity contribution is 6.30. The van der Waals surface area contributed by atoms with E-state index in [0.29, 0.717) is 23.2 Å². The van der Waals surface area contributed by atoms with Gasteiger partial charge in [0.1, 0.15) is 17.3 Å². The number of carboxylic acids is 1. The van der Waals surface area contributed by atoms with Gasteiger partial charge in [0.05, 0.1) is 0 Å². The van der Waals surface area contributed by atoms with Crippen molar-refractivity contribution in [2.45, 2.75) is 25.5 Å². The topological polar surface area (TPSA) is 114 Å². The lowest BCUT2D eigenvalue weighted by Crippen LogP contribution is -2.46. The van der Waals surface area contributed by atoms with Crippen LogP contribution in [0, 0.1) is 0 Å². The van der Waals surface area contributed by atoms with Gasteiger partial charge in [-0.2, -0.15) is 9.97 Å². The molecular weight excluding hydrogens is 542 g/mol. The molecule has 0 radical (unpaired) electrons. The molecule has 0 saturated carbocycles. The molecule has 1 fully saturated rings. The van der Waals surface area contributed by atoms with E-state index in [1.54, 1.807) is 49.4 Å². The first kappa shape index (κ1) is 28.2. The van der Waals surface area contributed by atoms with Gasteiger partial charge in [0.2, 0.25) is 17.4 Å². The van der Waals surface area contributed by atoms with Gasteiger partial charge in [-0.05, 0) is 54.4 Å². The fraction of sp³-hybridized carbons (Fsp3) is 0.258. The summed E-state index contributed by atoms with van der Waals surface area (Å²) in [6.07, 6.45) is 0.173. The van der Waals surface area contributed by atoms with Crippen molar-refractivity contribution in [1.29, 1.82) is 0 Å². The number of nitrogens with zero attached hydrogens (tertiary/aromatic N) is 4. The molecule has 0 amide bonds. The molecule has 1 atom stereocenters. The fourth-order valence-electron chi connectivity index (χ4n) is 4.72. The summed E-state index contributed by atoms with van der Waals surface area (Å²) < 4.78 is 11.8. The third-order valence-corrected chi connectivity index (χ3v) is 7.20. The molecule has 1 aliphatic rings. The molecule has 3 aromatic carbocycles. The number of aromatic nitrogens is 2. The summed E-state index contributed by atoms with van der Waals surface area (Å²) in [5.74, 6) is 1.19. The summed E-state index contributed by atoms with van der Waals surface area (Å²) >= 11 is 6.01. The van der Waals surface area contributed by atoms with Crippen molar-refractivity contribution in [2.24, 2.45) is 0 Å².